The summed E-state index contributed by atoms with van der Waals surface area (Å²) < 4.78 is 0. The summed E-state index contributed by atoms with van der Waals surface area (Å²) in [4.78, 5) is 0. The second-order valence-electron chi connectivity index (χ2n) is 6.59. The maximum Gasteiger partial charge on any atom is 0.0577 e. The zero-order valence-corrected chi connectivity index (χ0v) is 10.9. The van der Waals surface area contributed by atoms with Crippen molar-refractivity contribution in [2.24, 2.45) is 17.8 Å². The highest BCUT2D eigenvalue weighted by Gasteiger charge is 2.55. The van der Waals surface area contributed by atoms with Gasteiger partial charge < -0.3 is 5.11 Å². The maximum atomic E-state index is 10.4. The van der Waals surface area contributed by atoms with E-state index in [9.17, 15) is 5.11 Å². The van der Waals surface area contributed by atoms with E-state index >= 15 is 0 Å². The van der Waals surface area contributed by atoms with E-state index in [0.717, 1.165) is 18.3 Å². The fraction of sp³-hybridized carbons (Fsp3) is 0.647. The molecule has 0 spiro atoms. The lowest BCUT2D eigenvalue weighted by atomic mass is 9.92. The molecule has 0 amide bonds. The van der Waals surface area contributed by atoms with Gasteiger partial charge in [-0.05, 0) is 60.5 Å². The average Bonchev–Trinajstić information content (AvgIpc) is 3.29. The Kier molecular flexibility index (Phi) is 2.51. The van der Waals surface area contributed by atoms with E-state index in [1.54, 1.807) is 5.56 Å². The molecule has 1 N–H and O–H groups in total. The predicted molar refractivity (Wildman–Crippen MR) is 72.4 cm³/mol. The van der Waals surface area contributed by atoms with Crippen LogP contribution < -0.4 is 0 Å². The minimum atomic E-state index is -0.0354. The fourth-order valence-electron chi connectivity index (χ4n) is 4.15. The predicted octanol–water partition coefficient (Wildman–Crippen LogP) is 3.51. The number of hydrogen-bond donors (Lipinski definition) is 1. The molecule has 1 nitrogen and oxygen atoms in total. The molecular formula is C17H22O. The molecule has 4 atom stereocenters. The summed E-state index contributed by atoms with van der Waals surface area (Å²) in [5, 5.41) is 10.4. The van der Waals surface area contributed by atoms with Crippen molar-refractivity contribution < 1.29 is 5.11 Å². The van der Waals surface area contributed by atoms with Gasteiger partial charge in [0.15, 0.2) is 0 Å². The molecule has 2 saturated carbocycles. The van der Waals surface area contributed by atoms with Gasteiger partial charge in [-0.25, -0.2) is 0 Å². The molecule has 0 saturated heterocycles. The Morgan fingerprint density at radius 2 is 2.00 bits per heavy atom. The van der Waals surface area contributed by atoms with Crippen LogP contribution in [0.5, 0.6) is 0 Å². The minimum Gasteiger partial charge on any atom is -0.393 e. The third-order valence-electron chi connectivity index (χ3n) is 5.40. The Labute approximate surface area is 109 Å². The first kappa shape index (κ1) is 11.0. The number of rotatable bonds is 4. The number of aliphatic hydroxyl groups is 1. The third-order valence-corrected chi connectivity index (χ3v) is 5.40. The number of aryl methyl sites for hydroxylation is 1. The maximum absolute atomic E-state index is 10.4. The van der Waals surface area contributed by atoms with Crippen LogP contribution in [0.4, 0.5) is 0 Å². The largest absolute Gasteiger partial charge is 0.393 e. The number of hydrogen-bond acceptors (Lipinski definition) is 1. The van der Waals surface area contributed by atoms with Crippen LogP contribution in [0.1, 0.15) is 49.1 Å². The van der Waals surface area contributed by atoms with Gasteiger partial charge in [-0.2, -0.15) is 0 Å². The van der Waals surface area contributed by atoms with Gasteiger partial charge in [0.05, 0.1) is 6.10 Å². The first-order chi connectivity index (χ1) is 8.84. The summed E-state index contributed by atoms with van der Waals surface area (Å²) in [5.41, 5.74) is 3.08. The van der Waals surface area contributed by atoms with Gasteiger partial charge in [-0.1, -0.05) is 37.1 Å². The van der Waals surface area contributed by atoms with Crippen molar-refractivity contribution in [2.75, 3.05) is 0 Å². The van der Waals surface area contributed by atoms with Gasteiger partial charge in [0.25, 0.3) is 0 Å². The summed E-state index contributed by atoms with van der Waals surface area (Å²) in [5.74, 6) is 3.00. The second-order valence-corrected chi connectivity index (χ2v) is 6.59. The Hall–Kier alpha value is -0.820. The summed E-state index contributed by atoms with van der Waals surface area (Å²) in [6.45, 7) is 0. The van der Waals surface area contributed by atoms with Crippen molar-refractivity contribution in [1.82, 2.24) is 0 Å². The molecule has 0 aromatic heterocycles. The molecule has 1 heteroatoms. The van der Waals surface area contributed by atoms with Crippen LogP contribution in [0.25, 0.3) is 0 Å². The normalized spacial score (nSPS) is 34.6. The highest BCUT2D eigenvalue weighted by molar-refractivity contribution is 5.39. The van der Waals surface area contributed by atoms with E-state index in [0.29, 0.717) is 11.8 Å². The number of fused-ring (bicyclic) bond motifs is 3. The van der Waals surface area contributed by atoms with Crippen LogP contribution in [0, 0.1) is 17.8 Å². The SMILES string of the molecule is OC(CCC1CC1)C1C2CCc3ccccc3C21. The van der Waals surface area contributed by atoms with Crippen molar-refractivity contribution in [3.63, 3.8) is 0 Å². The molecule has 0 heterocycles. The van der Waals surface area contributed by atoms with Gasteiger partial charge in [0.2, 0.25) is 0 Å². The van der Waals surface area contributed by atoms with Gasteiger partial charge in [0, 0.05) is 0 Å². The van der Waals surface area contributed by atoms with Gasteiger partial charge in [-0.3, -0.25) is 0 Å². The van der Waals surface area contributed by atoms with E-state index < -0.39 is 0 Å². The van der Waals surface area contributed by atoms with Crippen LogP contribution in [0.15, 0.2) is 24.3 Å². The minimum absolute atomic E-state index is 0.0354. The molecule has 4 rings (SSSR count). The second kappa shape index (κ2) is 4.09. The first-order valence-corrected chi connectivity index (χ1v) is 7.60. The molecule has 18 heavy (non-hydrogen) atoms. The molecule has 0 aliphatic heterocycles. The lowest BCUT2D eigenvalue weighted by Crippen LogP contribution is -2.11. The number of aliphatic hydroxyl groups excluding tert-OH is 1. The van der Waals surface area contributed by atoms with Crippen molar-refractivity contribution in [3.8, 4) is 0 Å². The third kappa shape index (κ3) is 1.80. The van der Waals surface area contributed by atoms with Gasteiger partial charge in [-0.15, -0.1) is 0 Å². The summed E-state index contributed by atoms with van der Waals surface area (Å²) in [6, 6.07) is 8.88. The summed E-state index contributed by atoms with van der Waals surface area (Å²) in [6.07, 6.45) is 7.62. The molecule has 2 fully saturated rings. The highest BCUT2D eigenvalue weighted by atomic mass is 16.3. The smallest absolute Gasteiger partial charge is 0.0577 e. The van der Waals surface area contributed by atoms with Crippen LogP contribution in [0.3, 0.4) is 0 Å². The molecule has 96 valence electrons. The van der Waals surface area contributed by atoms with Crippen LogP contribution in [-0.4, -0.2) is 11.2 Å². The van der Waals surface area contributed by atoms with E-state index in [4.69, 9.17) is 0 Å². The van der Waals surface area contributed by atoms with E-state index in [1.165, 1.54) is 37.7 Å². The molecular weight excluding hydrogens is 220 g/mol. The molecule has 3 aliphatic rings. The molecule has 1 aromatic rings. The molecule has 4 unspecified atom stereocenters. The van der Waals surface area contributed by atoms with E-state index in [-0.39, 0.29) is 6.10 Å². The first-order valence-electron chi connectivity index (χ1n) is 7.60. The Morgan fingerprint density at radius 3 is 2.83 bits per heavy atom. The zero-order chi connectivity index (χ0) is 12.1. The Morgan fingerprint density at radius 1 is 1.17 bits per heavy atom. The number of benzene rings is 1. The average molecular weight is 242 g/mol. The molecule has 3 aliphatic carbocycles. The van der Waals surface area contributed by atoms with Gasteiger partial charge >= 0.3 is 0 Å². The van der Waals surface area contributed by atoms with Crippen LogP contribution in [-0.2, 0) is 6.42 Å². The molecule has 0 radical (unpaired) electrons. The van der Waals surface area contributed by atoms with Crippen molar-refractivity contribution in [2.45, 2.75) is 50.5 Å². The summed E-state index contributed by atoms with van der Waals surface area (Å²) in [7, 11) is 0. The topological polar surface area (TPSA) is 20.2 Å². The zero-order valence-electron chi connectivity index (χ0n) is 10.9. The van der Waals surface area contributed by atoms with E-state index in [1.807, 2.05) is 0 Å². The quantitative estimate of drug-likeness (QED) is 0.856. The standard InChI is InChI=1S/C17H22O/c18-15(10-7-11-5-6-11)17-14-9-8-12-3-1-2-4-13(12)16(14)17/h1-4,11,14-18H,5-10H2. The highest BCUT2D eigenvalue weighted by Crippen LogP contribution is 2.61. The molecule has 0 bridgehead atoms. The van der Waals surface area contributed by atoms with Crippen molar-refractivity contribution >= 4 is 0 Å². The summed E-state index contributed by atoms with van der Waals surface area (Å²) >= 11 is 0. The van der Waals surface area contributed by atoms with Crippen LogP contribution in [0.2, 0.25) is 0 Å². The fourth-order valence-corrected chi connectivity index (χ4v) is 4.15. The van der Waals surface area contributed by atoms with E-state index in [2.05, 4.69) is 24.3 Å². The Bertz CT molecular complexity index is 449. The monoisotopic (exact) mass is 242 g/mol. The lowest BCUT2D eigenvalue weighted by Gasteiger charge is -2.13. The molecule has 1 aromatic carbocycles. The van der Waals surface area contributed by atoms with Crippen LogP contribution >= 0.6 is 0 Å². The Balaban J connectivity index is 1.46. The van der Waals surface area contributed by atoms with Crippen molar-refractivity contribution in [1.29, 1.82) is 0 Å². The van der Waals surface area contributed by atoms with Crippen molar-refractivity contribution in [3.05, 3.63) is 35.4 Å². The van der Waals surface area contributed by atoms with Gasteiger partial charge in [0.1, 0.15) is 0 Å². The lowest BCUT2D eigenvalue weighted by molar-refractivity contribution is 0.129.